The number of rotatable bonds is 8. The second kappa shape index (κ2) is 7.31. The Balaban J connectivity index is 1.47. The Labute approximate surface area is 134 Å². The van der Waals surface area contributed by atoms with Crippen molar-refractivity contribution >= 4 is 28.6 Å². The highest BCUT2D eigenvalue weighted by Gasteiger charge is 2.33. The van der Waals surface area contributed by atoms with Crippen LogP contribution in [0.2, 0.25) is 0 Å². The molecule has 4 nitrogen and oxygen atoms in total. The van der Waals surface area contributed by atoms with Crippen molar-refractivity contribution in [2.75, 3.05) is 30.1 Å². The maximum absolute atomic E-state index is 12.0. The molecule has 0 atom stereocenters. The van der Waals surface area contributed by atoms with Gasteiger partial charge in [-0.2, -0.15) is 11.8 Å². The van der Waals surface area contributed by atoms with E-state index in [1.54, 1.807) is 6.33 Å². The van der Waals surface area contributed by atoms with Crippen molar-refractivity contribution in [1.29, 1.82) is 0 Å². The van der Waals surface area contributed by atoms with E-state index in [1.807, 2.05) is 24.0 Å². The number of nitrogens with zero attached hydrogens (tertiary/aromatic N) is 3. The maximum atomic E-state index is 12.0. The summed E-state index contributed by atoms with van der Waals surface area (Å²) in [6.45, 7) is -0.177. The number of anilines is 1. The Kier molecular flexibility index (Phi) is 5.18. The van der Waals surface area contributed by atoms with E-state index in [2.05, 4.69) is 26.9 Å². The fraction of sp³-hybridized carbons (Fsp3) is 0.625. The summed E-state index contributed by atoms with van der Waals surface area (Å²) in [5.41, 5.74) is 0.899. The molecule has 1 aliphatic carbocycles. The summed E-state index contributed by atoms with van der Waals surface area (Å²) in [6, 6.07) is 2.61. The molecule has 0 amide bonds. The van der Waals surface area contributed by atoms with Crippen LogP contribution in [0.1, 0.15) is 25.7 Å². The van der Waals surface area contributed by atoms with Crippen molar-refractivity contribution < 1.29 is 4.39 Å². The van der Waals surface area contributed by atoms with Gasteiger partial charge >= 0.3 is 0 Å². The van der Waals surface area contributed by atoms with Gasteiger partial charge in [0, 0.05) is 19.3 Å². The molecule has 2 heterocycles. The Bertz CT molecular complexity index is 597. The minimum absolute atomic E-state index is 0.177. The number of thioether (sulfide) groups is 1. The highest BCUT2D eigenvalue weighted by Crippen LogP contribution is 2.36. The van der Waals surface area contributed by atoms with E-state index in [0.29, 0.717) is 12.5 Å². The average molecular weight is 322 g/mol. The van der Waals surface area contributed by atoms with Crippen molar-refractivity contribution in [2.24, 2.45) is 5.92 Å². The van der Waals surface area contributed by atoms with Gasteiger partial charge in [-0.25, -0.2) is 9.97 Å². The van der Waals surface area contributed by atoms with E-state index >= 15 is 0 Å². The first kappa shape index (κ1) is 15.6. The fourth-order valence-electron chi connectivity index (χ4n) is 3.01. The Morgan fingerprint density at radius 2 is 2.23 bits per heavy atom. The Hall–Kier alpha value is -1.30. The van der Waals surface area contributed by atoms with Crippen LogP contribution in [0.5, 0.6) is 0 Å². The minimum Gasteiger partial charge on any atom is -0.356 e. The van der Waals surface area contributed by atoms with Gasteiger partial charge < -0.3 is 9.88 Å². The molecule has 1 aliphatic rings. The first-order valence-electron chi connectivity index (χ1n) is 7.94. The van der Waals surface area contributed by atoms with Gasteiger partial charge in [-0.15, -0.1) is 0 Å². The van der Waals surface area contributed by atoms with Gasteiger partial charge in [0.2, 0.25) is 0 Å². The molecule has 22 heavy (non-hydrogen) atoms. The minimum atomic E-state index is -0.177. The van der Waals surface area contributed by atoms with Crippen LogP contribution >= 0.6 is 11.8 Å². The van der Waals surface area contributed by atoms with Gasteiger partial charge in [-0.1, -0.05) is 0 Å². The highest BCUT2D eigenvalue weighted by molar-refractivity contribution is 7.99. The van der Waals surface area contributed by atoms with E-state index in [9.17, 15) is 4.39 Å². The van der Waals surface area contributed by atoms with Crippen LogP contribution in [0.25, 0.3) is 11.0 Å². The van der Waals surface area contributed by atoms with E-state index in [0.717, 1.165) is 34.9 Å². The fourth-order valence-corrected chi connectivity index (χ4v) is 4.19. The normalized spacial score (nSPS) is 21.0. The largest absolute Gasteiger partial charge is 0.356 e. The van der Waals surface area contributed by atoms with E-state index in [1.165, 1.54) is 18.6 Å². The number of H-pyrrole nitrogens is 1. The third-order valence-corrected chi connectivity index (χ3v) is 5.74. The molecule has 1 saturated carbocycles. The smallest absolute Gasteiger partial charge is 0.142 e. The molecule has 0 spiro atoms. The monoisotopic (exact) mass is 322 g/mol. The van der Waals surface area contributed by atoms with E-state index in [4.69, 9.17) is 0 Å². The summed E-state index contributed by atoms with van der Waals surface area (Å²) < 4.78 is 12.0. The molecule has 1 N–H and O–H groups in total. The number of hydrogen-bond donors (Lipinski definition) is 1. The highest BCUT2D eigenvalue weighted by atomic mass is 32.2. The summed E-state index contributed by atoms with van der Waals surface area (Å²) in [4.78, 5) is 14.1. The van der Waals surface area contributed by atoms with Gasteiger partial charge in [0.1, 0.15) is 17.8 Å². The van der Waals surface area contributed by atoms with Crippen molar-refractivity contribution in [3.8, 4) is 0 Å². The molecular formula is C16H23FN4S. The summed E-state index contributed by atoms with van der Waals surface area (Å²) in [5, 5.41) is 1.09. The lowest BCUT2D eigenvalue weighted by atomic mass is 9.81. The van der Waals surface area contributed by atoms with Crippen LogP contribution in [0.3, 0.4) is 0 Å². The molecule has 0 aromatic carbocycles. The molecule has 3 rings (SSSR count). The predicted octanol–water partition coefficient (Wildman–Crippen LogP) is 3.66. The molecular weight excluding hydrogens is 299 g/mol. The molecule has 0 radical (unpaired) electrons. The molecule has 1 fully saturated rings. The third-order valence-electron chi connectivity index (χ3n) is 4.45. The zero-order valence-electron chi connectivity index (χ0n) is 13.0. The Morgan fingerprint density at radius 1 is 1.36 bits per heavy atom. The van der Waals surface area contributed by atoms with Crippen molar-refractivity contribution in [2.45, 2.75) is 31.7 Å². The SMILES string of the molecule is CN(c1ncnc2[nH]ccc12)C1CC(CSCCCCF)C1. The van der Waals surface area contributed by atoms with E-state index < -0.39 is 0 Å². The zero-order valence-corrected chi connectivity index (χ0v) is 13.8. The van der Waals surface area contributed by atoms with Crippen LogP contribution in [0.15, 0.2) is 18.6 Å². The van der Waals surface area contributed by atoms with Gasteiger partial charge in [0.05, 0.1) is 12.1 Å². The van der Waals surface area contributed by atoms with Gasteiger partial charge in [0.15, 0.2) is 0 Å². The lowest BCUT2D eigenvalue weighted by Crippen LogP contribution is -2.44. The molecule has 6 heteroatoms. The number of nitrogens with one attached hydrogen (secondary N) is 1. The molecule has 0 aliphatic heterocycles. The lowest BCUT2D eigenvalue weighted by molar-refractivity contribution is 0.286. The Morgan fingerprint density at radius 3 is 3.05 bits per heavy atom. The van der Waals surface area contributed by atoms with Crippen LogP contribution in [0.4, 0.5) is 10.2 Å². The van der Waals surface area contributed by atoms with Crippen molar-refractivity contribution in [3.05, 3.63) is 18.6 Å². The van der Waals surface area contributed by atoms with E-state index in [-0.39, 0.29) is 6.67 Å². The second-order valence-electron chi connectivity index (χ2n) is 6.01. The first-order valence-corrected chi connectivity index (χ1v) is 9.09. The molecule has 0 saturated heterocycles. The molecule has 120 valence electrons. The van der Waals surface area contributed by atoms with Crippen molar-refractivity contribution in [1.82, 2.24) is 15.0 Å². The lowest BCUT2D eigenvalue weighted by Gasteiger charge is -2.41. The molecule has 0 bridgehead atoms. The predicted molar refractivity (Wildman–Crippen MR) is 91.3 cm³/mol. The molecule has 2 aromatic heterocycles. The second-order valence-corrected chi connectivity index (χ2v) is 7.16. The summed E-state index contributed by atoms with van der Waals surface area (Å²) in [5.74, 6) is 4.12. The number of fused-ring (bicyclic) bond motifs is 1. The van der Waals surface area contributed by atoms with Crippen LogP contribution in [0, 0.1) is 5.92 Å². The standard InChI is InChI=1S/C16H23FN4S/c1-21(16-14-4-6-18-15(14)19-11-20-16)13-8-12(9-13)10-22-7-3-2-5-17/h4,6,11-13H,2-3,5,7-10H2,1H3,(H,18,19,20). The first-order chi connectivity index (χ1) is 10.8. The number of halogens is 1. The quantitative estimate of drug-likeness (QED) is 0.753. The zero-order chi connectivity index (χ0) is 15.4. The number of aromatic nitrogens is 3. The molecule has 2 aromatic rings. The van der Waals surface area contributed by atoms with Gasteiger partial charge in [0.25, 0.3) is 0 Å². The van der Waals surface area contributed by atoms with Gasteiger partial charge in [-0.05, 0) is 49.2 Å². The van der Waals surface area contributed by atoms with Crippen LogP contribution in [-0.2, 0) is 0 Å². The number of alkyl halides is 1. The third kappa shape index (κ3) is 3.37. The van der Waals surface area contributed by atoms with Gasteiger partial charge in [-0.3, -0.25) is 4.39 Å². The number of aromatic amines is 1. The topological polar surface area (TPSA) is 44.8 Å². The summed E-state index contributed by atoms with van der Waals surface area (Å²) >= 11 is 1.97. The van der Waals surface area contributed by atoms with Crippen LogP contribution in [-0.4, -0.2) is 46.2 Å². The maximum Gasteiger partial charge on any atom is 0.142 e. The number of hydrogen-bond acceptors (Lipinski definition) is 4. The molecule has 0 unspecified atom stereocenters. The van der Waals surface area contributed by atoms with Crippen LogP contribution < -0.4 is 4.90 Å². The summed E-state index contributed by atoms with van der Waals surface area (Å²) in [7, 11) is 2.13. The average Bonchev–Trinajstić information content (AvgIpc) is 2.96. The number of unbranched alkanes of at least 4 members (excludes halogenated alkanes) is 1. The summed E-state index contributed by atoms with van der Waals surface area (Å²) in [6.07, 6.45) is 7.70. The van der Waals surface area contributed by atoms with Crippen molar-refractivity contribution in [3.63, 3.8) is 0 Å².